The van der Waals surface area contributed by atoms with E-state index in [2.05, 4.69) is 13.2 Å². The lowest BCUT2D eigenvalue weighted by Gasteiger charge is -2.10. The third kappa shape index (κ3) is 9.21. The average Bonchev–Trinajstić information content (AvgIpc) is 2.15. The largest absolute Gasteiger partial charge is 1.00 e. The molecule has 1 unspecified atom stereocenters. The third-order valence-electron chi connectivity index (χ3n) is 2.52. The van der Waals surface area contributed by atoms with Gasteiger partial charge in [-0.25, -0.2) is 0 Å². The van der Waals surface area contributed by atoms with Crippen LogP contribution in [0.15, 0.2) is 0 Å². The Hall–Kier alpha value is 0.270. The smallest absolute Gasteiger partial charge is 0.133 e. The van der Waals surface area contributed by atoms with Crippen molar-refractivity contribution >= 4 is 16.7 Å². The number of methoxy groups -OCH3 is 1. The van der Waals surface area contributed by atoms with Gasteiger partial charge in [0.15, 0.2) is 0 Å². The first-order chi connectivity index (χ1) is 6.61. The highest BCUT2D eigenvalue weighted by atomic mass is 35.5. The molecule has 0 aliphatic rings. The zero-order valence-electron chi connectivity index (χ0n) is 10.2. The number of carbonyl (C=O) groups excluding carboxylic acids is 1. The maximum Gasteiger partial charge on any atom is 0.133 e. The fraction of sp³-hybridized carbons (Fsp3) is 0.909. The second-order valence-electron chi connectivity index (χ2n) is 3.69. The second kappa shape index (κ2) is 10.8. The van der Waals surface area contributed by atoms with Gasteiger partial charge in [-0.05, 0) is 24.2 Å². The normalized spacial score (nSPS) is 14.1. The molecule has 0 aromatic rings. The first-order valence-corrected chi connectivity index (χ1v) is 7.17. The molecule has 2 nitrogen and oxygen atoms in total. The van der Waals surface area contributed by atoms with Gasteiger partial charge < -0.3 is 17.1 Å². The van der Waals surface area contributed by atoms with E-state index in [1.54, 1.807) is 14.0 Å². The summed E-state index contributed by atoms with van der Waals surface area (Å²) in [6, 6.07) is 0. The van der Waals surface area contributed by atoms with Crippen LogP contribution < -0.4 is 12.4 Å². The van der Waals surface area contributed by atoms with Crippen LogP contribution >= 0.6 is 0 Å². The van der Waals surface area contributed by atoms with Crippen LogP contribution in [0.1, 0.15) is 26.7 Å². The zero-order valence-corrected chi connectivity index (χ0v) is 11.8. The quantitative estimate of drug-likeness (QED) is 0.514. The number of hydrogen-bond donors (Lipinski definition) is 0. The predicted octanol–water partition coefficient (Wildman–Crippen LogP) is -1.11. The predicted molar refractivity (Wildman–Crippen MR) is 64.0 cm³/mol. The first kappa shape index (κ1) is 17.7. The van der Waals surface area contributed by atoms with Gasteiger partial charge in [-0.3, -0.25) is 4.79 Å². The number of hydrogen-bond acceptors (Lipinski definition) is 2. The van der Waals surface area contributed by atoms with E-state index < -0.39 is 0 Å². The Labute approximate surface area is 103 Å². The van der Waals surface area contributed by atoms with E-state index in [9.17, 15) is 4.79 Å². The van der Waals surface area contributed by atoms with Crippen LogP contribution in [0.5, 0.6) is 0 Å². The molecule has 92 valence electrons. The summed E-state index contributed by atoms with van der Waals surface area (Å²) in [6.07, 6.45) is 4.29. The molecule has 0 heterocycles. The molecule has 4 heteroatoms. The molecule has 0 N–H and O–H groups in total. The highest BCUT2D eigenvalue weighted by molar-refractivity contribution is 7.96. The molecule has 0 aliphatic carbocycles. The molecule has 0 rings (SSSR count). The van der Waals surface area contributed by atoms with Gasteiger partial charge in [0.1, 0.15) is 17.3 Å². The van der Waals surface area contributed by atoms with Crippen LogP contribution in [0.2, 0.25) is 0 Å². The second-order valence-corrected chi connectivity index (χ2v) is 6.07. The van der Waals surface area contributed by atoms with Gasteiger partial charge in [-0.15, -0.1) is 0 Å². The van der Waals surface area contributed by atoms with Crippen LogP contribution in [0, 0.1) is 5.92 Å². The summed E-state index contributed by atoms with van der Waals surface area (Å²) >= 11 is 0. The minimum atomic E-state index is 0. The number of carbonyl (C=O) groups is 1. The molecule has 0 saturated heterocycles. The number of ether oxygens (including phenoxy) is 1. The van der Waals surface area contributed by atoms with E-state index in [4.69, 9.17) is 4.74 Å². The Kier molecular flexibility index (Phi) is 12.7. The molecule has 0 radical (unpaired) electrons. The monoisotopic (exact) mass is 254 g/mol. The van der Waals surface area contributed by atoms with Gasteiger partial charge in [0.25, 0.3) is 0 Å². The fourth-order valence-electron chi connectivity index (χ4n) is 1.37. The molecule has 0 bridgehead atoms. The molecular weight excluding hydrogens is 232 g/mol. The summed E-state index contributed by atoms with van der Waals surface area (Å²) in [5.74, 6) is 2.93. The van der Waals surface area contributed by atoms with E-state index in [0.717, 1.165) is 25.2 Å². The van der Waals surface area contributed by atoms with Crippen molar-refractivity contribution in [3.8, 4) is 0 Å². The van der Waals surface area contributed by atoms with E-state index in [1.807, 2.05) is 0 Å². The molecule has 0 aromatic heterocycles. The van der Waals surface area contributed by atoms with Crippen molar-refractivity contribution < 1.29 is 21.9 Å². The summed E-state index contributed by atoms with van der Waals surface area (Å²) in [5, 5.41) is 0. The van der Waals surface area contributed by atoms with E-state index >= 15 is 0 Å². The van der Waals surface area contributed by atoms with E-state index in [-0.39, 0.29) is 18.3 Å². The minimum Gasteiger partial charge on any atom is -1.00 e. The molecule has 0 saturated carbocycles. The van der Waals surface area contributed by atoms with Gasteiger partial charge in [-0.2, -0.15) is 0 Å². The summed E-state index contributed by atoms with van der Waals surface area (Å²) in [4.78, 5) is 11.2. The summed E-state index contributed by atoms with van der Waals surface area (Å²) in [6.45, 7) is 4.64. The highest BCUT2D eigenvalue weighted by Crippen LogP contribution is 2.11. The molecule has 0 fully saturated rings. The number of Topliss-reactive ketones (excluding diaryl/α,β-unsaturated/α-hetero) is 1. The van der Waals surface area contributed by atoms with Crippen molar-refractivity contribution in [1.29, 1.82) is 0 Å². The lowest BCUT2D eigenvalue weighted by atomic mass is 10.00. The summed E-state index contributed by atoms with van der Waals surface area (Å²) < 4.78 is 5.03. The van der Waals surface area contributed by atoms with Gasteiger partial charge in [0.2, 0.25) is 0 Å². The molecule has 0 aromatic carbocycles. The molecule has 0 aliphatic heterocycles. The lowest BCUT2D eigenvalue weighted by molar-refractivity contribution is -0.120. The standard InChI is InChI=1S/C11H23O2S.ClH/c1-5-11(10(2)12)6-8-14(4)9-7-13-3;/h11H,5-9H2,1-4H3;1H/q+1;/p-1/t11-,14?;/m0./s1. The Morgan fingerprint density at radius 2 is 2.00 bits per heavy atom. The van der Waals surface area contributed by atoms with Crippen molar-refractivity contribution in [2.24, 2.45) is 5.92 Å². The average molecular weight is 255 g/mol. The maximum atomic E-state index is 11.2. The van der Waals surface area contributed by atoms with Crippen LogP contribution in [0.25, 0.3) is 0 Å². The summed E-state index contributed by atoms with van der Waals surface area (Å²) in [5.41, 5.74) is 0. The van der Waals surface area contributed by atoms with Crippen molar-refractivity contribution in [3.63, 3.8) is 0 Å². The van der Waals surface area contributed by atoms with Crippen molar-refractivity contribution in [2.45, 2.75) is 26.7 Å². The van der Waals surface area contributed by atoms with Crippen molar-refractivity contribution in [1.82, 2.24) is 0 Å². The molecule has 0 spiro atoms. The van der Waals surface area contributed by atoms with Gasteiger partial charge in [0.05, 0.1) is 12.9 Å². The Bertz CT molecular complexity index is 165. The molecular formula is C11H23ClO2S. The van der Waals surface area contributed by atoms with Crippen LogP contribution in [0.4, 0.5) is 0 Å². The number of rotatable bonds is 8. The van der Waals surface area contributed by atoms with Crippen molar-refractivity contribution in [2.75, 3.05) is 31.5 Å². The Morgan fingerprint density at radius 3 is 2.40 bits per heavy atom. The number of ketones is 1. The van der Waals surface area contributed by atoms with Crippen LogP contribution in [-0.4, -0.2) is 37.3 Å². The van der Waals surface area contributed by atoms with Crippen LogP contribution in [-0.2, 0) is 20.4 Å². The summed E-state index contributed by atoms with van der Waals surface area (Å²) in [7, 11) is 2.15. The van der Waals surface area contributed by atoms with Gasteiger partial charge in [0, 0.05) is 19.4 Å². The molecule has 0 amide bonds. The van der Waals surface area contributed by atoms with E-state index in [1.165, 1.54) is 5.75 Å². The SMILES string of the molecule is CC[C@@H](CC[S+](C)CCOC)C(C)=O.[Cl-]. The topological polar surface area (TPSA) is 26.3 Å². The fourth-order valence-corrected chi connectivity index (χ4v) is 2.71. The first-order valence-electron chi connectivity index (χ1n) is 5.20. The molecule has 15 heavy (non-hydrogen) atoms. The highest BCUT2D eigenvalue weighted by Gasteiger charge is 2.17. The van der Waals surface area contributed by atoms with E-state index in [0.29, 0.717) is 16.7 Å². The maximum absolute atomic E-state index is 11.2. The molecule has 2 atom stereocenters. The van der Waals surface area contributed by atoms with Crippen LogP contribution in [0.3, 0.4) is 0 Å². The van der Waals surface area contributed by atoms with Crippen molar-refractivity contribution in [3.05, 3.63) is 0 Å². The number of halogens is 1. The van der Waals surface area contributed by atoms with Gasteiger partial charge in [-0.1, -0.05) is 6.92 Å². The third-order valence-corrected chi connectivity index (χ3v) is 4.31. The minimum absolute atomic E-state index is 0. The zero-order chi connectivity index (χ0) is 11.0. The Morgan fingerprint density at radius 1 is 1.40 bits per heavy atom. The van der Waals surface area contributed by atoms with Gasteiger partial charge >= 0.3 is 0 Å². The Balaban J connectivity index is 0. The lowest BCUT2D eigenvalue weighted by Crippen LogP contribution is -3.00.